The molecule has 4 rings (SSSR count). The predicted molar refractivity (Wildman–Crippen MR) is 113 cm³/mol. The lowest BCUT2D eigenvalue weighted by Gasteiger charge is -2.22. The Morgan fingerprint density at radius 3 is 2.55 bits per heavy atom. The van der Waals surface area contributed by atoms with E-state index in [2.05, 4.69) is 10.3 Å². The lowest BCUT2D eigenvalue weighted by atomic mass is 10.1. The number of hydrogen-bond donors (Lipinski definition) is 2. The predicted octanol–water partition coefficient (Wildman–Crippen LogP) is 2.76. The second kappa shape index (κ2) is 8.56. The number of carbonyl (C=O) groups is 1. The van der Waals surface area contributed by atoms with Crippen LogP contribution in [0.2, 0.25) is 10.0 Å². The molecule has 0 spiro atoms. The second-order valence-electron chi connectivity index (χ2n) is 6.98. The molecule has 0 bridgehead atoms. The van der Waals surface area contributed by atoms with E-state index in [9.17, 15) is 13.2 Å². The third-order valence-corrected chi connectivity index (χ3v) is 7.71. The van der Waals surface area contributed by atoms with Crippen molar-refractivity contribution in [2.24, 2.45) is 0 Å². The van der Waals surface area contributed by atoms with E-state index < -0.39 is 28.0 Å². The molecule has 162 valence electrons. The third kappa shape index (κ3) is 4.17. The van der Waals surface area contributed by atoms with Crippen LogP contribution in [-0.4, -0.2) is 51.4 Å². The second-order valence-corrected chi connectivity index (χ2v) is 9.69. The Morgan fingerprint density at radius 1 is 1.13 bits per heavy atom. The maximum atomic E-state index is 13.2. The number of aromatic nitrogens is 3. The number of rotatable bonds is 5. The Hall–Kier alpha value is -2.50. The van der Waals surface area contributed by atoms with Crippen molar-refractivity contribution in [3.05, 3.63) is 64.8 Å². The van der Waals surface area contributed by atoms with E-state index in [1.165, 1.54) is 22.9 Å². The van der Waals surface area contributed by atoms with Gasteiger partial charge >= 0.3 is 0 Å². The first-order valence-corrected chi connectivity index (χ1v) is 11.4. The largest absolute Gasteiger partial charge is 0.289 e. The molecule has 1 fully saturated rings. The monoisotopic (exact) mass is 481 g/mol. The van der Waals surface area contributed by atoms with E-state index >= 15 is 0 Å². The van der Waals surface area contributed by atoms with E-state index in [1.54, 1.807) is 11.7 Å². The molecule has 1 aromatic heterocycles. The molecular formula is C19H17Cl2N5O4S. The zero-order chi connectivity index (χ0) is 22.2. The number of amides is 1. The lowest BCUT2D eigenvalue weighted by molar-refractivity contribution is -0.132. The number of halogens is 2. The highest BCUT2D eigenvalue weighted by molar-refractivity contribution is 7.89. The minimum Gasteiger partial charge on any atom is -0.289 e. The van der Waals surface area contributed by atoms with Crippen LogP contribution in [0, 0.1) is 0 Å². The van der Waals surface area contributed by atoms with Crippen LogP contribution < -0.4 is 5.48 Å². The molecule has 2 N–H and O–H groups in total. The van der Waals surface area contributed by atoms with Crippen LogP contribution in [0.5, 0.6) is 0 Å². The van der Waals surface area contributed by atoms with E-state index in [4.69, 9.17) is 28.4 Å². The van der Waals surface area contributed by atoms with Gasteiger partial charge in [0.1, 0.15) is 11.7 Å². The van der Waals surface area contributed by atoms with E-state index in [0.29, 0.717) is 5.69 Å². The van der Waals surface area contributed by atoms with Gasteiger partial charge in [0.15, 0.2) is 0 Å². The molecule has 1 saturated heterocycles. The summed E-state index contributed by atoms with van der Waals surface area (Å²) in [5.41, 5.74) is 3.02. The average molecular weight is 482 g/mol. The van der Waals surface area contributed by atoms with Crippen molar-refractivity contribution < 1.29 is 18.4 Å². The number of benzene rings is 2. The first-order chi connectivity index (χ1) is 14.8. The molecule has 2 atom stereocenters. The summed E-state index contributed by atoms with van der Waals surface area (Å²) in [6.07, 6.45) is 1.80. The van der Waals surface area contributed by atoms with Crippen LogP contribution in [0.4, 0.5) is 0 Å². The molecule has 0 radical (unpaired) electrons. The summed E-state index contributed by atoms with van der Waals surface area (Å²) >= 11 is 11.9. The number of nitrogens with zero attached hydrogens (tertiary/aromatic N) is 4. The Balaban J connectivity index is 1.66. The van der Waals surface area contributed by atoms with Gasteiger partial charge in [-0.25, -0.2) is 18.6 Å². The van der Waals surface area contributed by atoms with Crippen LogP contribution in [0.1, 0.15) is 12.5 Å². The molecule has 1 aliphatic heterocycles. The Morgan fingerprint density at radius 2 is 1.87 bits per heavy atom. The van der Waals surface area contributed by atoms with Gasteiger partial charge in [-0.15, -0.1) is 5.10 Å². The van der Waals surface area contributed by atoms with Crippen molar-refractivity contribution in [1.82, 2.24) is 24.8 Å². The molecule has 1 unspecified atom stereocenters. The Bertz CT molecular complexity index is 1220. The van der Waals surface area contributed by atoms with Crippen LogP contribution >= 0.6 is 23.2 Å². The van der Waals surface area contributed by atoms with Gasteiger partial charge in [0.2, 0.25) is 10.0 Å². The molecule has 2 aromatic carbocycles. The first kappa shape index (κ1) is 21.7. The van der Waals surface area contributed by atoms with Gasteiger partial charge < -0.3 is 0 Å². The normalized spacial score (nSPS) is 19.5. The Labute approximate surface area is 188 Å². The summed E-state index contributed by atoms with van der Waals surface area (Å²) in [4.78, 5) is 12.2. The van der Waals surface area contributed by atoms with Crippen molar-refractivity contribution in [2.45, 2.75) is 23.4 Å². The zero-order valence-corrected chi connectivity index (χ0v) is 18.2. The summed E-state index contributed by atoms with van der Waals surface area (Å²) in [6, 6.07) is 11.7. The van der Waals surface area contributed by atoms with Crippen molar-refractivity contribution >= 4 is 39.1 Å². The summed E-state index contributed by atoms with van der Waals surface area (Å²) in [5.74, 6) is -0.838. The van der Waals surface area contributed by atoms with Gasteiger partial charge in [-0.3, -0.25) is 10.0 Å². The van der Waals surface area contributed by atoms with Crippen molar-refractivity contribution in [2.75, 3.05) is 6.54 Å². The van der Waals surface area contributed by atoms with Gasteiger partial charge in [0.25, 0.3) is 5.91 Å². The summed E-state index contributed by atoms with van der Waals surface area (Å²) in [5, 5.41) is 17.7. The highest BCUT2D eigenvalue weighted by atomic mass is 35.5. The van der Waals surface area contributed by atoms with Gasteiger partial charge in [-0.2, -0.15) is 4.31 Å². The molecule has 31 heavy (non-hydrogen) atoms. The molecule has 9 nitrogen and oxygen atoms in total. The fourth-order valence-electron chi connectivity index (χ4n) is 3.52. The molecule has 2 heterocycles. The van der Waals surface area contributed by atoms with Crippen LogP contribution in [0.15, 0.2) is 59.6 Å². The smallest absolute Gasteiger partial charge is 0.261 e. The average Bonchev–Trinajstić information content (AvgIpc) is 3.43. The number of hydrogen-bond acceptors (Lipinski definition) is 6. The fraction of sp³-hybridized carbons (Fsp3) is 0.211. The number of carbonyl (C=O) groups excluding carboxylic acids is 1. The minimum atomic E-state index is -4.11. The van der Waals surface area contributed by atoms with Crippen LogP contribution in [0.3, 0.4) is 0 Å². The molecule has 1 amide bonds. The van der Waals surface area contributed by atoms with Crippen LogP contribution in [0.25, 0.3) is 11.3 Å². The summed E-state index contributed by atoms with van der Waals surface area (Å²) in [7, 11) is -4.11. The maximum Gasteiger partial charge on any atom is 0.261 e. The standard InChI is InChI=1S/C19H17Cl2N5O4S/c20-15-7-6-14(9-16(15)21)31(29,30)26-10-13(8-18(26)19(27)23-28)25-11-17(22-24-25)12-4-2-1-3-5-12/h1-7,9,11,13,18,28H,8,10H2,(H,23,27)/t13-,18?/m0/s1. The highest BCUT2D eigenvalue weighted by Crippen LogP contribution is 2.34. The van der Waals surface area contributed by atoms with Gasteiger partial charge in [-0.05, 0) is 24.6 Å². The quantitative estimate of drug-likeness (QED) is 0.427. The molecule has 12 heteroatoms. The molecule has 0 saturated carbocycles. The summed E-state index contributed by atoms with van der Waals surface area (Å²) in [6.45, 7) is -0.0434. The maximum absolute atomic E-state index is 13.2. The topological polar surface area (TPSA) is 117 Å². The van der Waals surface area contributed by atoms with E-state index in [1.807, 2.05) is 30.3 Å². The SMILES string of the molecule is O=C(NO)C1C[C@H](n2cc(-c3ccccc3)nn2)CN1S(=O)(=O)c1ccc(Cl)c(Cl)c1. The van der Waals surface area contributed by atoms with Gasteiger partial charge in [0, 0.05) is 12.1 Å². The molecule has 3 aromatic rings. The zero-order valence-electron chi connectivity index (χ0n) is 15.9. The van der Waals surface area contributed by atoms with Gasteiger partial charge in [0.05, 0.1) is 27.2 Å². The Kier molecular flexibility index (Phi) is 6.00. The fourth-order valence-corrected chi connectivity index (χ4v) is 5.55. The summed E-state index contributed by atoms with van der Waals surface area (Å²) < 4.78 is 29.1. The van der Waals surface area contributed by atoms with E-state index in [0.717, 1.165) is 9.87 Å². The van der Waals surface area contributed by atoms with Crippen LogP contribution in [-0.2, 0) is 14.8 Å². The lowest BCUT2D eigenvalue weighted by Crippen LogP contribution is -2.45. The number of sulfonamides is 1. The number of hydroxylamine groups is 1. The first-order valence-electron chi connectivity index (χ1n) is 9.19. The third-order valence-electron chi connectivity index (χ3n) is 5.10. The minimum absolute atomic E-state index is 0.0434. The molecule has 0 aliphatic carbocycles. The van der Waals surface area contributed by atoms with Crippen molar-refractivity contribution in [3.8, 4) is 11.3 Å². The van der Waals surface area contributed by atoms with Gasteiger partial charge in [-0.1, -0.05) is 58.7 Å². The van der Waals surface area contributed by atoms with Crippen molar-refractivity contribution in [1.29, 1.82) is 0 Å². The van der Waals surface area contributed by atoms with Crippen molar-refractivity contribution in [3.63, 3.8) is 0 Å². The molecule has 1 aliphatic rings. The molecular weight excluding hydrogens is 465 g/mol. The number of nitrogens with one attached hydrogen (secondary N) is 1. The highest BCUT2D eigenvalue weighted by Gasteiger charge is 2.45. The van der Waals surface area contributed by atoms with E-state index in [-0.39, 0.29) is 27.9 Å².